The Bertz CT molecular complexity index is 652. The molecule has 1 heterocycles. The Labute approximate surface area is 226 Å². The van der Waals surface area contributed by atoms with Crippen molar-refractivity contribution in [3.63, 3.8) is 0 Å². The first-order valence-electron chi connectivity index (χ1n) is 13.4. The summed E-state index contributed by atoms with van der Waals surface area (Å²) in [6.45, 7) is 11.8. The van der Waals surface area contributed by atoms with Crippen LogP contribution in [0.15, 0.2) is 0 Å². The van der Waals surface area contributed by atoms with E-state index in [0.717, 1.165) is 0 Å². The normalized spacial score (nSPS) is 27.5. The standard InChI is InChI=1S/C19H37NO11.C7H16/c1-18(2,3)19(4,5)20-16(29)13(27)12(26)15(8(23)6-21)31-17-14(28)11(25)10(24)9(7-22)30-17;1-3-5-7-6-4-2/h8-15,17,21-28H,6-7H2,1-5H3,(H,20,29);3-7H2,1-2H3. The summed E-state index contributed by atoms with van der Waals surface area (Å²) in [5.74, 6) is -0.972. The lowest BCUT2D eigenvalue weighted by Crippen LogP contribution is -2.63. The average molecular weight is 556 g/mol. The van der Waals surface area contributed by atoms with E-state index in [0.29, 0.717) is 0 Å². The lowest BCUT2D eigenvalue weighted by atomic mass is 9.76. The molecule has 0 radical (unpaired) electrons. The molecule has 228 valence electrons. The minimum absolute atomic E-state index is 0.413. The molecule has 12 nitrogen and oxygen atoms in total. The number of aliphatic hydroxyl groups is 8. The molecule has 1 saturated heterocycles. The van der Waals surface area contributed by atoms with Gasteiger partial charge in [0, 0.05) is 5.54 Å². The maximum Gasteiger partial charge on any atom is 0.252 e. The highest BCUT2D eigenvalue weighted by Crippen LogP contribution is 2.30. The van der Waals surface area contributed by atoms with Crippen molar-refractivity contribution in [2.75, 3.05) is 13.2 Å². The van der Waals surface area contributed by atoms with Gasteiger partial charge in [-0.1, -0.05) is 66.7 Å². The number of carbonyl (C=O) groups excluding carboxylic acids is 1. The number of nitrogens with one attached hydrogen (secondary N) is 1. The molecular formula is C26H53NO11. The van der Waals surface area contributed by atoms with Crippen LogP contribution in [0.5, 0.6) is 0 Å². The van der Waals surface area contributed by atoms with Crippen molar-refractivity contribution in [3.05, 3.63) is 0 Å². The molecule has 9 N–H and O–H groups in total. The number of hydrogen-bond donors (Lipinski definition) is 9. The quantitative estimate of drug-likeness (QED) is 0.128. The Hall–Kier alpha value is -0.930. The molecule has 0 spiro atoms. The molecule has 38 heavy (non-hydrogen) atoms. The molecule has 0 aromatic heterocycles. The van der Waals surface area contributed by atoms with Crippen molar-refractivity contribution in [1.82, 2.24) is 5.32 Å². The summed E-state index contributed by atoms with van der Waals surface area (Å²) in [5.41, 5.74) is -1.21. The molecule has 1 aliphatic heterocycles. The van der Waals surface area contributed by atoms with Gasteiger partial charge in [-0.25, -0.2) is 0 Å². The fourth-order valence-corrected chi connectivity index (χ4v) is 3.42. The summed E-state index contributed by atoms with van der Waals surface area (Å²) in [7, 11) is 0. The third-order valence-electron chi connectivity index (χ3n) is 7.15. The van der Waals surface area contributed by atoms with E-state index in [1.54, 1.807) is 13.8 Å². The van der Waals surface area contributed by atoms with Gasteiger partial charge in [0.05, 0.1) is 13.2 Å². The van der Waals surface area contributed by atoms with Crippen LogP contribution in [-0.2, 0) is 14.3 Å². The van der Waals surface area contributed by atoms with Crippen LogP contribution in [0.2, 0.25) is 0 Å². The van der Waals surface area contributed by atoms with E-state index < -0.39 is 85.2 Å². The first-order valence-corrected chi connectivity index (χ1v) is 13.4. The van der Waals surface area contributed by atoms with Gasteiger partial charge in [0.15, 0.2) is 12.4 Å². The smallest absolute Gasteiger partial charge is 0.252 e. The summed E-state index contributed by atoms with van der Waals surface area (Å²) < 4.78 is 10.4. The van der Waals surface area contributed by atoms with Crippen LogP contribution in [0.4, 0.5) is 0 Å². The van der Waals surface area contributed by atoms with Crippen LogP contribution in [-0.4, -0.2) is 121 Å². The van der Waals surface area contributed by atoms with Crippen molar-refractivity contribution in [1.29, 1.82) is 0 Å². The summed E-state index contributed by atoms with van der Waals surface area (Å²) in [4.78, 5) is 12.5. The van der Waals surface area contributed by atoms with Crippen molar-refractivity contribution < 1.29 is 55.1 Å². The van der Waals surface area contributed by atoms with Crippen LogP contribution in [0.1, 0.15) is 80.6 Å². The van der Waals surface area contributed by atoms with Gasteiger partial charge in [0.1, 0.15) is 42.7 Å². The monoisotopic (exact) mass is 555 g/mol. The third-order valence-corrected chi connectivity index (χ3v) is 7.15. The average Bonchev–Trinajstić information content (AvgIpc) is 2.85. The molecule has 1 rings (SSSR count). The zero-order valence-electron chi connectivity index (χ0n) is 23.9. The van der Waals surface area contributed by atoms with E-state index in [4.69, 9.17) is 9.47 Å². The van der Waals surface area contributed by atoms with Gasteiger partial charge >= 0.3 is 0 Å². The summed E-state index contributed by atoms with van der Waals surface area (Å²) in [5, 5.41) is 81.8. The molecule has 1 aliphatic rings. The lowest BCUT2D eigenvalue weighted by Gasteiger charge is -2.43. The summed E-state index contributed by atoms with van der Waals surface area (Å²) in [6, 6.07) is 0. The second-order valence-electron chi connectivity index (χ2n) is 11.4. The molecular weight excluding hydrogens is 502 g/mol. The van der Waals surface area contributed by atoms with Crippen LogP contribution < -0.4 is 5.32 Å². The summed E-state index contributed by atoms with van der Waals surface area (Å²) >= 11 is 0. The zero-order chi connectivity index (χ0) is 29.8. The van der Waals surface area contributed by atoms with E-state index in [1.807, 2.05) is 20.8 Å². The minimum Gasteiger partial charge on any atom is -0.394 e. The Balaban J connectivity index is 0.00000171. The largest absolute Gasteiger partial charge is 0.394 e. The number of hydrogen-bond acceptors (Lipinski definition) is 11. The van der Waals surface area contributed by atoms with Crippen LogP contribution in [0.25, 0.3) is 0 Å². The number of rotatable bonds is 13. The molecule has 0 aliphatic carbocycles. The third kappa shape index (κ3) is 10.9. The van der Waals surface area contributed by atoms with Crippen LogP contribution in [0.3, 0.4) is 0 Å². The topological polar surface area (TPSA) is 209 Å². The molecule has 0 saturated carbocycles. The highest BCUT2D eigenvalue weighted by atomic mass is 16.7. The van der Waals surface area contributed by atoms with E-state index in [1.165, 1.54) is 32.1 Å². The van der Waals surface area contributed by atoms with Gasteiger partial charge in [0.2, 0.25) is 0 Å². The molecule has 0 aromatic carbocycles. The molecule has 1 fully saturated rings. The molecule has 0 bridgehead atoms. The fraction of sp³-hybridized carbons (Fsp3) is 0.962. The van der Waals surface area contributed by atoms with Crippen LogP contribution in [0, 0.1) is 5.41 Å². The number of ether oxygens (including phenoxy) is 2. The Morgan fingerprint density at radius 2 is 1.42 bits per heavy atom. The molecule has 0 aromatic rings. The van der Waals surface area contributed by atoms with Gasteiger partial charge in [-0.15, -0.1) is 0 Å². The molecule has 9 atom stereocenters. The second-order valence-corrected chi connectivity index (χ2v) is 11.4. The summed E-state index contributed by atoms with van der Waals surface area (Å²) in [6.07, 6.45) is -9.24. The predicted molar refractivity (Wildman–Crippen MR) is 140 cm³/mol. The first kappa shape index (κ1) is 37.1. The van der Waals surface area contributed by atoms with Gasteiger partial charge in [-0.05, 0) is 19.3 Å². The van der Waals surface area contributed by atoms with Gasteiger partial charge in [0.25, 0.3) is 5.91 Å². The van der Waals surface area contributed by atoms with E-state index in [9.17, 15) is 45.6 Å². The molecule has 12 heteroatoms. The SMILES string of the molecule is CC(C)(C)C(C)(C)NC(=O)C(O)C(O)C(OC1OC(CO)C(O)C(O)C1O)C(O)CO.CCCCCCC. The number of amides is 1. The number of unbranched alkanes of at least 4 members (excludes halogenated alkanes) is 4. The lowest BCUT2D eigenvalue weighted by molar-refractivity contribution is -0.326. The highest BCUT2D eigenvalue weighted by Gasteiger charge is 2.47. The predicted octanol–water partition coefficient (Wildman–Crippen LogP) is -0.836. The fourth-order valence-electron chi connectivity index (χ4n) is 3.42. The molecule has 9 unspecified atom stereocenters. The Morgan fingerprint density at radius 3 is 1.84 bits per heavy atom. The maximum atomic E-state index is 12.5. The van der Waals surface area contributed by atoms with Gasteiger partial charge in [-0.3, -0.25) is 4.79 Å². The first-order chi connectivity index (χ1) is 17.5. The zero-order valence-corrected chi connectivity index (χ0v) is 23.9. The molecule has 1 amide bonds. The van der Waals surface area contributed by atoms with E-state index in [-0.39, 0.29) is 0 Å². The number of carbonyl (C=O) groups is 1. The van der Waals surface area contributed by atoms with E-state index in [2.05, 4.69) is 19.2 Å². The minimum atomic E-state index is -2.10. The van der Waals surface area contributed by atoms with Crippen molar-refractivity contribution in [3.8, 4) is 0 Å². The number of aliphatic hydroxyl groups excluding tert-OH is 8. The Kier molecular flexibility index (Phi) is 16.6. The van der Waals surface area contributed by atoms with Crippen molar-refractivity contribution >= 4 is 5.91 Å². The van der Waals surface area contributed by atoms with Gasteiger partial charge < -0.3 is 55.6 Å². The van der Waals surface area contributed by atoms with Crippen molar-refractivity contribution in [2.24, 2.45) is 5.41 Å². The van der Waals surface area contributed by atoms with Crippen molar-refractivity contribution in [2.45, 2.75) is 141 Å². The Morgan fingerprint density at radius 1 is 0.895 bits per heavy atom. The maximum absolute atomic E-state index is 12.5. The second kappa shape index (κ2) is 17.0. The van der Waals surface area contributed by atoms with Gasteiger partial charge in [-0.2, -0.15) is 0 Å². The van der Waals surface area contributed by atoms with Crippen LogP contribution >= 0.6 is 0 Å². The van der Waals surface area contributed by atoms with E-state index >= 15 is 0 Å². The highest BCUT2D eigenvalue weighted by molar-refractivity contribution is 5.82.